The number of benzene rings is 2. The number of carbonyl (C=O) groups excluding carboxylic acids is 1. The van der Waals surface area contributed by atoms with Gasteiger partial charge in [0, 0.05) is 24.3 Å². The van der Waals surface area contributed by atoms with Crippen LogP contribution < -0.4 is 11.1 Å². The van der Waals surface area contributed by atoms with E-state index in [4.69, 9.17) is 5.73 Å². The molecule has 116 valence electrons. The summed E-state index contributed by atoms with van der Waals surface area (Å²) in [4.78, 5) is 14.2. The Morgan fingerprint density at radius 3 is 2.45 bits per heavy atom. The highest BCUT2D eigenvalue weighted by Gasteiger charge is 2.05. The zero-order chi connectivity index (χ0) is 15.8. The smallest absolute Gasteiger partial charge is 0.251 e. The summed E-state index contributed by atoms with van der Waals surface area (Å²) in [7, 11) is 2.09. The van der Waals surface area contributed by atoms with Crippen molar-refractivity contribution in [2.45, 2.75) is 13.0 Å². The maximum Gasteiger partial charge on any atom is 0.251 e. The van der Waals surface area contributed by atoms with Crippen LogP contribution in [-0.2, 0) is 6.54 Å². The van der Waals surface area contributed by atoms with E-state index >= 15 is 0 Å². The van der Waals surface area contributed by atoms with Crippen LogP contribution in [0.1, 0.15) is 22.3 Å². The van der Waals surface area contributed by atoms with Crippen LogP contribution in [0.3, 0.4) is 0 Å². The maximum atomic E-state index is 11.9. The molecular formula is C18H23N3O. The molecule has 2 aromatic rings. The molecule has 4 heteroatoms. The third-order valence-corrected chi connectivity index (χ3v) is 3.47. The molecule has 0 saturated heterocycles. The second-order valence-corrected chi connectivity index (χ2v) is 5.45. The zero-order valence-corrected chi connectivity index (χ0v) is 13.0. The van der Waals surface area contributed by atoms with Gasteiger partial charge in [-0.05, 0) is 49.8 Å². The Morgan fingerprint density at radius 1 is 1.09 bits per heavy atom. The van der Waals surface area contributed by atoms with Crippen LogP contribution in [0.5, 0.6) is 0 Å². The van der Waals surface area contributed by atoms with Crippen molar-refractivity contribution in [1.82, 2.24) is 10.2 Å². The Balaban J connectivity index is 1.66. The minimum absolute atomic E-state index is 0.0503. The minimum Gasteiger partial charge on any atom is -0.399 e. The van der Waals surface area contributed by atoms with Gasteiger partial charge >= 0.3 is 0 Å². The van der Waals surface area contributed by atoms with Crippen molar-refractivity contribution in [3.05, 3.63) is 65.7 Å². The highest BCUT2D eigenvalue weighted by Crippen LogP contribution is 2.05. The lowest BCUT2D eigenvalue weighted by atomic mass is 10.2. The van der Waals surface area contributed by atoms with Crippen LogP contribution in [0.15, 0.2) is 54.6 Å². The summed E-state index contributed by atoms with van der Waals surface area (Å²) in [5.41, 5.74) is 8.22. The summed E-state index contributed by atoms with van der Waals surface area (Å²) in [6, 6.07) is 17.3. The molecule has 2 aromatic carbocycles. The predicted octanol–water partition coefficient (Wildman–Crippen LogP) is 2.52. The zero-order valence-electron chi connectivity index (χ0n) is 13.0. The molecule has 0 fully saturated rings. The molecule has 4 nitrogen and oxygen atoms in total. The first-order chi connectivity index (χ1) is 10.6. The molecular weight excluding hydrogens is 274 g/mol. The molecule has 2 rings (SSSR count). The lowest BCUT2D eigenvalue weighted by Crippen LogP contribution is -2.28. The Morgan fingerprint density at radius 2 is 1.77 bits per heavy atom. The van der Waals surface area contributed by atoms with Gasteiger partial charge in [0.25, 0.3) is 5.91 Å². The number of rotatable bonds is 7. The largest absolute Gasteiger partial charge is 0.399 e. The summed E-state index contributed by atoms with van der Waals surface area (Å²) in [5, 5.41) is 2.93. The number of nitrogens with one attached hydrogen (secondary N) is 1. The molecule has 0 aliphatic carbocycles. The van der Waals surface area contributed by atoms with Crippen LogP contribution in [0.25, 0.3) is 0 Å². The van der Waals surface area contributed by atoms with Crippen LogP contribution in [0.4, 0.5) is 5.69 Å². The number of nitrogens with two attached hydrogens (primary N) is 1. The molecule has 3 N–H and O–H groups in total. The number of anilines is 1. The monoisotopic (exact) mass is 297 g/mol. The van der Waals surface area contributed by atoms with Crippen LogP contribution in [-0.4, -0.2) is 30.9 Å². The lowest BCUT2D eigenvalue weighted by Gasteiger charge is -2.16. The molecule has 0 aromatic heterocycles. The molecule has 0 heterocycles. The van der Waals surface area contributed by atoms with E-state index in [2.05, 4.69) is 41.5 Å². The Hall–Kier alpha value is -2.33. The quantitative estimate of drug-likeness (QED) is 0.610. The normalized spacial score (nSPS) is 10.6. The van der Waals surface area contributed by atoms with E-state index < -0.39 is 0 Å². The fourth-order valence-corrected chi connectivity index (χ4v) is 2.26. The van der Waals surface area contributed by atoms with Crippen molar-refractivity contribution in [3.63, 3.8) is 0 Å². The van der Waals surface area contributed by atoms with Gasteiger partial charge < -0.3 is 16.0 Å². The number of amides is 1. The van der Waals surface area contributed by atoms with Gasteiger partial charge in [-0.15, -0.1) is 0 Å². The van der Waals surface area contributed by atoms with Gasteiger partial charge in [0.05, 0.1) is 0 Å². The molecule has 0 bridgehead atoms. The molecule has 0 spiro atoms. The van der Waals surface area contributed by atoms with Crippen molar-refractivity contribution < 1.29 is 4.79 Å². The maximum absolute atomic E-state index is 11.9. The Bertz CT molecular complexity index is 581. The van der Waals surface area contributed by atoms with Crippen molar-refractivity contribution in [2.24, 2.45) is 0 Å². The number of nitrogen functional groups attached to an aromatic ring is 1. The molecule has 0 radical (unpaired) electrons. The molecule has 0 aliphatic rings. The van der Waals surface area contributed by atoms with E-state index in [0.29, 0.717) is 17.8 Å². The average molecular weight is 297 g/mol. The highest BCUT2D eigenvalue weighted by molar-refractivity contribution is 5.94. The average Bonchev–Trinajstić information content (AvgIpc) is 2.53. The molecule has 0 saturated carbocycles. The second kappa shape index (κ2) is 8.20. The molecule has 0 unspecified atom stereocenters. The number of carbonyl (C=O) groups is 1. The predicted molar refractivity (Wildman–Crippen MR) is 90.6 cm³/mol. The fourth-order valence-electron chi connectivity index (χ4n) is 2.26. The number of hydrogen-bond donors (Lipinski definition) is 2. The molecule has 22 heavy (non-hydrogen) atoms. The van der Waals surface area contributed by atoms with E-state index in [1.165, 1.54) is 5.56 Å². The van der Waals surface area contributed by atoms with E-state index in [1.54, 1.807) is 24.3 Å². The summed E-state index contributed by atoms with van der Waals surface area (Å²) in [5.74, 6) is -0.0503. The minimum atomic E-state index is -0.0503. The summed E-state index contributed by atoms with van der Waals surface area (Å²) >= 11 is 0. The molecule has 0 aliphatic heterocycles. The van der Waals surface area contributed by atoms with E-state index in [-0.39, 0.29) is 5.91 Å². The van der Waals surface area contributed by atoms with E-state index in [1.807, 2.05) is 6.07 Å². The number of nitrogens with zero attached hydrogens (tertiary/aromatic N) is 1. The third-order valence-electron chi connectivity index (χ3n) is 3.47. The molecule has 0 atom stereocenters. The van der Waals surface area contributed by atoms with Crippen LogP contribution in [0, 0.1) is 0 Å². The summed E-state index contributed by atoms with van der Waals surface area (Å²) < 4.78 is 0. The third kappa shape index (κ3) is 5.22. The SMILES string of the molecule is CN(CCCNC(=O)c1ccc(N)cc1)Cc1ccccc1. The van der Waals surface area contributed by atoms with Gasteiger partial charge in [0.2, 0.25) is 0 Å². The van der Waals surface area contributed by atoms with E-state index in [0.717, 1.165) is 19.5 Å². The Kier molecular flexibility index (Phi) is 5.98. The first-order valence-electron chi connectivity index (χ1n) is 7.51. The lowest BCUT2D eigenvalue weighted by molar-refractivity contribution is 0.0952. The van der Waals surface area contributed by atoms with Crippen molar-refractivity contribution in [3.8, 4) is 0 Å². The van der Waals surface area contributed by atoms with Crippen LogP contribution >= 0.6 is 0 Å². The summed E-state index contributed by atoms with van der Waals surface area (Å²) in [6.07, 6.45) is 0.921. The van der Waals surface area contributed by atoms with Gasteiger partial charge in [-0.25, -0.2) is 0 Å². The highest BCUT2D eigenvalue weighted by atomic mass is 16.1. The van der Waals surface area contributed by atoms with Gasteiger partial charge in [0.1, 0.15) is 0 Å². The van der Waals surface area contributed by atoms with Crippen molar-refractivity contribution in [2.75, 3.05) is 25.9 Å². The van der Waals surface area contributed by atoms with Gasteiger partial charge in [0.15, 0.2) is 0 Å². The van der Waals surface area contributed by atoms with Gasteiger partial charge in [-0.2, -0.15) is 0 Å². The van der Waals surface area contributed by atoms with Crippen molar-refractivity contribution >= 4 is 11.6 Å². The van der Waals surface area contributed by atoms with E-state index in [9.17, 15) is 4.79 Å². The van der Waals surface area contributed by atoms with Crippen molar-refractivity contribution in [1.29, 1.82) is 0 Å². The molecule has 1 amide bonds. The first kappa shape index (κ1) is 16.0. The van der Waals surface area contributed by atoms with Crippen LogP contribution in [0.2, 0.25) is 0 Å². The Labute approximate surface area is 131 Å². The fraction of sp³-hybridized carbons (Fsp3) is 0.278. The topological polar surface area (TPSA) is 58.4 Å². The summed E-state index contributed by atoms with van der Waals surface area (Å²) in [6.45, 7) is 2.53. The first-order valence-corrected chi connectivity index (χ1v) is 7.51. The van der Waals surface area contributed by atoms with Gasteiger partial charge in [-0.3, -0.25) is 4.79 Å². The second-order valence-electron chi connectivity index (χ2n) is 5.45. The van der Waals surface area contributed by atoms with Gasteiger partial charge in [-0.1, -0.05) is 30.3 Å². The number of hydrogen-bond acceptors (Lipinski definition) is 3. The standard InChI is InChI=1S/C18H23N3O/c1-21(14-15-6-3-2-4-7-15)13-5-12-20-18(22)16-8-10-17(19)11-9-16/h2-4,6-11H,5,12-14,19H2,1H3,(H,20,22).